The number of ether oxygens (including phenoxy) is 2. The predicted molar refractivity (Wildman–Crippen MR) is 91.2 cm³/mol. The number of benzene rings is 1. The van der Waals surface area contributed by atoms with Crippen molar-refractivity contribution in [2.45, 2.75) is 32.4 Å². The van der Waals surface area contributed by atoms with E-state index >= 15 is 0 Å². The van der Waals surface area contributed by atoms with E-state index < -0.39 is 0 Å². The van der Waals surface area contributed by atoms with Crippen molar-refractivity contribution in [3.63, 3.8) is 0 Å². The lowest BCUT2D eigenvalue weighted by atomic mass is 10.1. The Kier molecular flexibility index (Phi) is 5.37. The minimum atomic E-state index is -0.205. The molecule has 1 aliphatic rings. The van der Waals surface area contributed by atoms with E-state index in [2.05, 4.69) is 10.6 Å². The third kappa shape index (κ3) is 3.88. The second-order valence-electron chi connectivity index (χ2n) is 5.98. The van der Waals surface area contributed by atoms with Crippen molar-refractivity contribution in [2.24, 2.45) is 0 Å². The van der Waals surface area contributed by atoms with Crippen molar-refractivity contribution < 1.29 is 18.7 Å². The van der Waals surface area contributed by atoms with Gasteiger partial charge in [-0.15, -0.1) is 0 Å². The highest BCUT2D eigenvalue weighted by Gasteiger charge is 2.20. The molecule has 0 aliphatic carbocycles. The first-order chi connectivity index (χ1) is 11.7. The second kappa shape index (κ2) is 7.68. The molecule has 1 aliphatic heterocycles. The molecule has 130 valence electrons. The topological polar surface area (TPSA) is 72.7 Å². The molecule has 2 unspecified atom stereocenters. The molecule has 1 fully saturated rings. The van der Waals surface area contributed by atoms with Gasteiger partial charge in [0.15, 0.2) is 11.3 Å². The summed E-state index contributed by atoms with van der Waals surface area (Å²) in [7, 11) is 0. The number of morpholine rings is 1. The highest BCUT2D eigenvalue weighted by atomic mass is 16.5. The fourth-order valence-corrected chi connectivity index (χ4v) is 2.88. The third-order valence-corrected chi connectivity index (χ3v) is 4.06. The summed E-state index contributed by atoms with van der Waals surface area (Å²) in [6, 6.07) is 7.62. The summed E-state index contributed by atoms with van der Waals surface area (Å²) >= 11 is 0. The zero-order chi connectivity index (χ0) is 16.9. The lowest BCUT2D eigenvalue weighted by molar-refractivity contribution is -0.123. The maximum absolute atomic E-state index is 12.2. The molecule has 0 bridgehead atoms. The van der Waals surface area contributed by atoms with Crippen molar-refractivity contribution in [2.75, 3.05) is 26.4 Å². The summed E-state index contributed by atoms with van der Waals surface area (Å²) < 4.78 is 16.9. The van der Waals surface area contributed by atoms with Crippen LogP contribution in [0.1, 0.15) is 32.1 Å². The van der Waals surface area contributed by atoms with Gasteiger partial charge in [-0.2, -0.15) is 0 Å². The summed E-state index contributed by atoms with van der Waals surface area (Å²) in [5, 5.41) is 7.24. The van der Waals surface area contributed by atoms with Crippen LogP contribution in [0.2, 0.25) is 0 Å². The fraction of sp³-hybridized carbons (Fsp3) is 0.500. The molecular weight excluding hydrogens is 308 g/mol. The molecule has 6 nitrogen and oxygen atoms in total. The summed E-state index contributed by atoms with van der Waals surface area (Å²) in [6.07, 6.45) is 0.398. The van der Waals surface area contributed by atoms with E-state index in [0.717, 1.165) is 29.0 Å². The van der Waals surface area contributed by atoms with E-state index in [0.29, 0.717) is 26.2 Å². The van der Waals surface area contributed by atoms with Crippen LogP contribution in [-0.2, 0) is 9.53 Å². The quantitative estimate of drug-likeness (QED) is 0.850. The van der Waals surface area contributed by atoms with Crippen LogP contribution in [0.4, 0.5) is 0 Å². The van der Waals surface area contributed by atoms with E-state index in [4.69, 9.17) is 13.9 Å². The number of carbonyl (C=O) groups is 1. The molecule has 2 atom stereocenters. The van der Waals surface area contributed by atoms with Crippen molar-refractivity contribution >= 4 is 16.9 Å². The van der Waals surface area contributed by atoms with Crippen LogP contribution >= 0.6 is 0 Å². The summed E-state index contributed by atoms with van der Waals surface area (Å²) in [6.45, 7) is 6.50. The number of fused-ring (bicyclic) bond motifs is 1. The summed E-state index contributed by atoms with van der Waals surface area (Å²) in [4.78, 5) is 12.2. The van der Waals surface area contributed by atoms with E-state index in [1.165, 1.54) is 0 Å². The van der Waals surface area contributed by atoms with Gasteiger partial charge in [0.2, 0.25) is 5.91 Å². The van der Waals surface area contributed by atoms with Gasteiger partial charge in [0.25, 0.3) is 0 Å². The third-order valence-electron chi connectivity index (χ3n) is 4.06. The largest absolute Gasteiger partial charge is 0.490 e. The smallest absolute Gasteiger partial charge is 0.222 e. The second-order valence-corrected chi connectivity index (χ2v) is 5.98. The van der Waals surface area contributed by atoms with E-state index in [1.807, 2.05) is 38.1 Å². The van der Waals surface area contributed by atoms with Crippen molar-refractivity contribution in [1.82, 2.24) is 10.6 Å². The Balaban J connectivity index is 1.65. The van der Waals surface area contributed by atoms with Gasteiger partial charge in [-0.25, -0.2) is 0 Å². The van der Waals surface area contributed by atoms with Gasteiger partial charge in [-0.1, -0.05) is 12.1 Å². The Morgan fingerprint density at radius 2 is 2.38 bits per heavy atom. The predicted octanol–water partition coefficient (Wildman–Crippen LogP) is 2.39. The molecular formula is C18H24N2O4. The Bertz CT molecular complexity index is 691. The zero-order valence-corrected chi connectivity index (χ0v) is 14.1. The lowest BCUT2D eigenvalue weighted by Crippen LogP contribution is -2.44. The molecule has 1 amide bonds. The van der Waals surface area contributed by atoms with Gasteiger partial charge in [0.05, 0.1) is 25.9 Å². The number of rotatable bonds is 6. The molecule has 0 radical (unpaired) electrons. The number of para-hydroxylation sites is 1. The number of furan rings is 1. The highest BCUT2D eigenvalue weighted by Crippen LogP contribution is 2.31. The maximum Gasteiger partial charge on any atom is 0.222 e. The molecule has 1 aromatic heterocycles. The van der Waals surface area contributed by atoms with Gasteiger partial charge in [0.1, 0.15) is 5.76 Å². The fourth-order valence-electron chi connectivity index (χ4n) is 2.88. The molecule has 2 heterocycles. The first-order valence-electron chi connectivity index (χ1n) is 8.43. The first-order valence-corrected chi connectivity index (χ1v) is 8.43. The van der Waals surface area contributed by atoms with Crippen LogP contribution in [0.3, 0.4) is 0 Å². The average Bonchev–Trinajstić information content (AvgIpc) is 3.01. The van der Waals surface area contributed by atoms with Gasteiger partial charge >= 0.3 is 0 Å². The number of nitrogens with one attached hydrogen (secondary N) is 2. The van der Waals surface area contributed by atoms with E-state index in [-0.39, 0.29) is 18.0 Å². The number of hydrogen-bond acceptors (Lipinski definition) is 5. The first kappa shape index (κ1) is 16.8. The molecule has 6 heteroatoms. The SMILES string of the molecule is CCOc1cccc2cc(C(C)NC(=O)CC3COCCN3)oc12. The molecule has 24 heavy (non-hydrogen) atoms. The van der Waals surface area contributed by atoms with Crippen LogP contribution in [0.15, 0.2) is 28.7 Å². The Morgan fingerprint density at radius 3 is 3.12 bits per heavy atom. The normalized spacial score (nSPS) is 19.2. The van der Waals surface area contributed by atoms with Gasteiger partial charge in [0, 0.05) is 24.4 Å². The van der Waals surface area contributed by atoms with Crippen LogP contribution in [-0.4, -0.2) is 38.3 Å². The monoisotopic (exact) mass is 332 g/mol. The standard InChI is InChI=1S/C18H24N2O4/c1-3-23-15-6-4-5-13-9-16(24-18(13)15)12(2)20-17(21)10-14-11-22-8-7-19-14/h4-6,9,12,14,19H,3,7-8,10-11H2,1-2H3,(H,20,21). The van der Waals surface area contributed by atoms with Crippen LogP contribution in [0.25, 0.3) is 11.0 Å². The minimum Gasteiger partial charge on any atom is -0.490 e. The molecule has 2 aromatic rings. The van der Waals surface area contributed by atoms with Crippen LogP contribution in [0, 0.1) is 0 Å². The van der Waals surface area contributed by atoms with Gasteiger partial charge < -0.3 is 24.5 Å². The number of hydrogen-bond donors (Lipinski definition) is 2. The van der Waals surface area contributed by atoms with Crippen molar-refractivity contribution in [3.05, 3.63) is 30.0 Å². The van der Waals surface area contributed by atoms with Crippen molar-refractivity contribution in [1.29, 1.82) is 0 Å². The van der Waals surface area contributed by atoms with E-state index in [1.54, 1.807) is 0 Å². The van der Waals surface area contributed by atoms with E-state index in [9.17, 15) is 4.79 Å². The number of amides is 1. The Hall–Kier alpha value is -2.05. The highest BCUT2D eigenvalue weighted by molar-refractivity contribution is 5.84. The maximum atomic E-state index is 12.2. The lowest BCUT2D eigenvalue weighted by Gasteiger charge is -2.23. The zero-order valence-electron chi connectivity index (χ0n) is 14.1. The summed E-state index contributed by atoms with van der Waals surface area (Å²) in [5.74, 6) is 1.43. The molecule has 1 saturated heterocycles. The minimum absolute atomic E-state index is 0.0176. The van der Waals surface area contributed by atoms with Gasteiger partial charge in [-0.05, 0) is 26.0 Å². The number of carbonyl (C=O) groups excluding carboxylic acids is 1. The Labute approximate surface area is 141 Å². The van der Waals surface area contributed by atoms with Crippen LogP contribution in [0.5, 0.6) is 5.75 Å². The van der Waals surface area contributed by atoms with Gasteiger partial charge in [-0.3, -0.25) is 4.79 Å². The molecule has 0 spiro atoms. The van der Waals surface area contributed by atoms with Crippen LogP contribution < -0.4 is 15.4 Å². The molecule has 3 rings (SSSR count). The molecule has 2 N–H and O–H groups in total. The van der Waals surface area contributed by atoms with Crippen molar-refractivity contribution in [3.8, 4) is 5.75 Å². The summed E-state index contributed by atoms with van der Waals surface area (Å²) in [5.41, 5.74) is 0.720. The average molecular weight is 332 g/mol. The Morgan fingerprint density at radius 1 is 1.50 bits per heavy atom. The molecule has 1 aromatic carbocycles. The molecule has 0 saturated carbocycles.